The molecule has 0 aliphatic heterocycles. The largest absolute Gasteiger partial charge is 0.458 e. The quantitative estimate of drug-likeness (QED) is 0.801. The normalized spacial score (nSPS) is 17.0. The smallest absolute Gasteiger partial charge is 0.352 e. The Kier molecular flexibility index (Phi) is 4.82. The Balaban J connectivity index is 1.71. The fraction of sp³-hybridized carbons (Fsp3) is 0.600. The predicted octanol–water partition coefficient (Wildman–Crippen LogP) is 3.77. The molecule has 0 aromatic carbocycles. The van der Waals surface area contributed by atoms with Gasteiger partial charge in [-0.1, -0.05) is 23.8 Å². The average molecular weight is 321 g/mol. The summed E-state index contributed by atoms with van der Waals surface area (Å²) < 4.78 is 14.7. The number of carbonyl (C=O) groups is 1. The molecule has 0 amide bonds. The number of aryl methyl sites for hydroxylation is 1. The number of nitrogens with zero attached hydrogens (tertiary/aromatic N) is 3. The van der Waals surface area contributed by atoms with Crippen molar-refractivity contribution in [3.05, 3.63) is 17.0 Å². The van der Waals surface area contributed by atoms with Crippen LogP contribution >= 0.6 is 11.5 Å². The van der Waals surface area contributed by atoms with E-state index in [0.717, 1.165) is 37.2 Å². The second-order valence-electron chi connectivity index (χ2n) is 5.57. The molecule has 6 nitrogen and oxygen atoms in total. The Hall–Kier alpha value is -1.76. The zero-order chi connectivity index (χ0) is 15.4. The molecule has 0 radical (unpaired) electrons. The minimum atomic E-state index is -0.351. The summed E-state index contributed by atoms with van der Waals surface area (Å²) in [4.78, 5) is 17.0. The highest BCUT2D eigenvalue weighted by atomic mass is 32.1. The van der Waals surface area contributed by atoms with Crippen molar-refractivity contribution in [1.82, 2.24) is 14.6 Å². The van der Waals surface area contributed by atoms with E-state index in [2.05, 4.69) is 14.6 Å². The van der Waals surface area contributed by atoms with Gasteiger partial charge in [0.15, 0.2) is 10.8 Å². The molecular formula is C15H19N3O3S. The lowest BCUT2D eigenvalue weighted by atomic mass is 9.98. The minimum Gasteiger partial charge on any atom is -0.458 e. The molecule has 0 unspecified atom stereocenters. The van der Waals surface area contributed by atoms with Gasteiger partial charge in [0, 0.05) is 6.92 Å². The molecule has 118 valence electrons. The molecule has 2 heterocycles. The SMILES string of the molecule is Cc1nc(-c2nnsc2C(=O)OC2CCCCCCC2)co1. The van der Waals surface area contributed by atoms with Gasteiger partial charge in [-0.2, -0.15) is 0 Å². The first kappa shape index (κ1) is 15.1. The maximum Gasteiger partial charge on any atom is 0.352 e. The minimum absolute atomic E-state index is 0.00166. The summed E-state index contributed by atoms with van der Waals surface area (Å²) in [7, 11) is 0. The van der Waals surface area contributed by atoms with E-state index in [1.54, 1.807) is 6.92 Å². The average Bonchev–Trinajstić information content (AvgIpc) is 3.09. The molecule has 0 spiro atoms. The van der Waals surface area contributed by atoms with Gasteiger partial charge in [-0.15, -0.1) is 5.10 Å². The lowest BCUT2D eigenvalue weighted by molar-refractivity contribution is 0.0245. The number of esters is 1. The van der Waals surface area contributed by atoms with E-state index in [1.165, 1.54) is 25.5 Å². The monoisotopic (exact) mass is 321 g/mol. The van der Waals surface area contributed by atoms with Crippen LogP contribution in [0.25, 0.3) is 11.4 Å². The van der Waals surface area contributed by atoms with Crippen molar-refractivity contribution in [2.45, 2.75) is 58.0 Å². The van der Waals surface area contributed by atoms with Crippen LogP contribution in [0.1, 0.15) is 60.5 Å². The Bertz CT molecular complexity index is 630. The van der Waals surface area contributed by atoms with Gasteiger partial charge in [0.1, 0.15) is 23.8 Å². The summed E-state index contributed by atoms with van der Waals surface area (Å²) in [6.07, 6.45) is 9.34. The topological polar surface area (TPSA) is 78.1 Å². The zero-order valence-corrected chi connectivity index (χ0v) is 13.4. The van der Waals surface area contributed by atoms with E-state index in [4.69, 9.17) is 9.15 Å². The second-order valence-corrected chi connectivity index (χ2v) is 6.33. The van der Waals surface area contributed by atoms with Crippen LogP contribution in [-0.2, 0) is 4.74 Å². The first-order chi connectivity index (χ1) is 10.7. The third kappa shape index (κ3) is 3.52. The van der Waals surface area contributed by atoms with E-state index >= 15 is 0 Å². The van der Waals surface area contributed by atoms with Gasteiger partial charge >= 0.3 is 5.97 Å². The predicted molar refractivity (Wildman–Crippen MR) is 81.7 cm³/mol. The van der Waals surface area contributed by atoms with Gasteiger partial charge in [0.2, 0.25) is 0 Å². The van der Waals surface area contributed by atoms with Crippen LogP contribution in [-0.4, -0.2) is 26.6 Å². The Labute approximate surface area is 133 Å². The lowest BCUT2D eigenvalue weighted by Crippen LogP contribution is -2.19. The molecule has 2 aromatic rings. The molecule has 1 fully saturated rings. The van der Waals surface area contributed by atoms with E-state index in [1.807, 2.05) is 0 Å². The van der Waals surface area contributed by atoms with Gasteiger partial charge < -0.3 is 9.15 Å². The van der Waals surface area contributed by atoms with Crippen molar-refractivity contribution in [3.8, 4) is 11.4 Å². The van der Waals surface area contributed by atoms with Crippen molar-refractivity contribution in [2.24, 2.45) is 0 Å². The van der Waals surface area contributed by atoms with Crippen molar-refractivity contribution in [1.29, 1.82) is 0 Å². The van der Waals surface area contributed by atoms with Crippen LogP contribution in [0, 0.1) is 6.92 Å². The Morgan fingerprint density at radius 1 is 1.27 bits per heavy atom. The van der Waals surface area contributed by atoms with E-state index in [-0.39, 0.29) is 12.1 Å². The van der Waals surface area contributed by atoms with Crippen LogP contribution in [0.4, 0.5) is 0 Å². The number of hydrogen-bond acceptors (Lipinski definition) is 7. The number of oxazole rings is 1. The summed E-state index contributed by atoms with van der Waals surface area (Å²) in [5.41, 5.74) is 0.966. The van der Waals surface area contributed by atoms with Crippen LogP contribution in [0.15, 0.2) is 10.7 Å². The van der Waals surface area contributed by atoms with Crippen molar-refractivity contribution >= 4 is 17.5 Å². The third-order valence-corrected chi connectivity index (χ3v) is 4.57. The fourth-order valence-corrected chi connectivity index (χ4v) is 3.26. The highest BCUT2D eigenvalue weighted by molar-refractivity contribution is 7.08. The molecule has 3 rings (SSSR count). The second kappa shape index (κ2) is 7.00. The van der Waals surface area contributed by atoms with Crippen molar-refractivity contribution < 1.29 is 13.9 Å². The van der Waals surface area contributed by atoms with Gasteiger partial charge in [0.25, 0.3) is 0 Å². The fourth-order valence-electron chi connectivity index (χ4n) is 2.71. The van der Waals surface area contributed by atoms with Gasteiger partial charge in [-0.3, -0.25) is 0 Å². The maximum absolute atomic E-state index is 12.4. The van der Waals surface area contributed by atoms with Gasteiger partial charge in [0.05, 0.1) is 0 Å². The molecule has 22 heavy (non-hydrogen) atoms. The first-order valence-electron chi connectivity index (χ1n) is 7.70. The Morgan fingerprint density at radius 3 is 2.68 bits per heavy atom. The molecule has 1 saturated carbocycles. The number of hydrogen-bond donors (Lipinski definition) is 0. The molecule has 2 aromatic heterocycles. The van der Waals surface area contributed by atoms with Crippen LogP contribution in [0.5, 0.6) is 0 Å². The summed E-state index contributed by atoms with van der Waals surface area (Å²) in [6, 6.07) is 0. The summed E-state index contributed by atoms with van der Waals surface area (Å²) >= 11 is 1.04. The molecular weight excluding hydrogens is 302 g/mol. The highest BCUT2D eigenvalue weighted by Crippen LogP contribution is 2.26. The van der Waals surface area contributed by atoms with Crippen LogP contribution < -0.4 is 0 Å². The van der Waals surface area contributed by atoms with Crippen LogP contribution in [0.2, 0.25) is 0 Å². The molecule has 0 bridgehead atoms. The number of aromatic nitrogens is 3. The van der Waals surface area contributed by atoms with E-state index in [0.29, 0.717) is 22.2 Å². The zero-order valence-electron chi connectivity index (χ0n) is 12.6. The van der Waals surface area contributed by atoms with Gasteiger partial charge in [-0.25, -0.2) is 9.78 Å². The number of carbonyl (C=O) groups excluding carboxylic acids is 1. The van der Waals surface area contributed by atoms with Crippen molar-refractivity contribution in [3.63, 3.8) is 0 Å². The van der Waals surface area contributed by atoms with Gasteiger partial charge in [-0.05, 0) is 37.2 Å². The van der Waals surface area contributed by atoms with E-state index in [9.17, 15) is 4.79 Å². The van der Waals surface area contributed by atoms with Crippen molar-refractivity contribution in [2.75, 3.05) is 0 Å². The number of rotatable bonds is 3. The van der Waals surface area contributed by atoms with Crippen LogP contribution in [0.3, 0.4) is 0 Å². The number of ether oxygens (including phenoxy) is 1. The first-order valence-corrected chi connectivity index (χ1v) is 8.47. The molecule has 1 aliphatic carbocycles. The summed E-state index contributed by atoms with van der Waals surface area (Å²) in [5.74, 6) is 0.179. The highest BCUT2D eigenvalue weighted by Gasteiger charge is 2.24. The third-order valence-electron chi connectivity index (χ3n) is 3.86. The Morgan fingerprint density at radius 2 is 2.00 bits per heavy atom. The molecule has 0 saturated heterocycles. The molecule has 7 heteroatoms. The molecule has 1 aliphatic rings. The summed E-state index contributed by atoms with van der Waals surface area (Å²) in [6.45, 7) is 1.75. The molecule has 0 N–H and O–H groups in total. The summed E-state index contributed by atoms with van der Waals surface area (Å²) in [5, 5.41) is 3.99. The lowest BCUT2D eigenvalue weighted by Gasteiger charge is -2.19. The standard InChI is InChI=1S/C15H19N3O3S/c1-10-16-12(9-20-10)13-14(22-18-17-13)15(19)21-11-7-5-3-2-4-6-8-11/h9,11H,2-8H2,1H3. The molecule has 0 atom stereocenters. The van der Waals surface area contributed by atoms with E-state index < -0.39 is 0 Å². The maximum atomic E-state index is 12.4.